The Bertz CT molecular complexity index is 978. The van der Waals surface area contributed by atoms with Crippen LogP contribution in [0.25, 0.3) is 11.1 Å². The third kappa shape index (κ3) is 3.02. The van der Waals surface area contributed by atoms with Gasteiger partial charge in [-0.2, -0.15) is 5.26 Å². The first-order valence-corrected chi connectivity index (χ1v) is 8.97. The van der Waals surface area contributed by atoms with Crippen molar-refractivity contribution in [2.75, 3.05) is 23.7 Å². The second-order valence-electron chi connectivity index (χ2n) is 7.28. The van der Waals surface area contributed by atoms with Crippen molar-refractivity contribution in [3.63, 3.8) is 0 Å². The summed E-state index contributed by atoms with van der Waals surface area (Å²) in [5.41, 5.74) is 3.94. The Balaban J connectivity index is 1.67. The van der Waals surface area contributed by atoms with Gasteiger partial charge in [0.25, 0.3) is 0 Å². The van der Waals surface area contributed by atoms with Crippen LogP contribution < -0.4 is 10.6 Å². The predicted molar refractivity (Wildman–Crippen MR) is 103 cm³/mol. The third-order valence-corrected chi connectivity index (χ3v) is 5.41. The van der Waals surface area contributed by atoms with Gasteiger partial charge in [0.05, 0.1) is 5.41 Å². The number of nitrogens with one attached hydrogen (secondary N) is 2. The van der Waals surface area contributed by atoms with Crippen LogP contribution >= 0.6 is 0 Å². The Labute approximate surface area is 157 Å². The zero-order chi connectivity index (χ0) is 19.0. The number of hydrogen-bond donors (Lipinski definition) is 2. The van der Waals surface area contributed by atoms with E-state index < -0.39 is 5.41 Å². The molecule has 2 aliphatic rings. The van der Waals surface area contributed by atoms with Crippen LogP contribution in [0.15, 0.2) is 42.5 Å². The summed E-state index contributed by atoms with van der Waals surface area (Å²) < 4.78 is 0. The molecule has 2 amide bonds. The van der Waals surface area contributed by atoms with E-state index >= 15 is 0 Å². The molecule has 0 radical (unpaired) electrons. The molecule has 2 aliphatic heterocycles. The molecular weight excluding hydrogens is 340 g/mol. The molecular formula is C21H20N4O2. The quantitative estimate of drug-likeness (QED) is 0.806. The van der Waals surface area contributed by atoms with Crippen LogP contribution in [0.1, 0.15) is 18.9 Å². The highest BCUT2D eigenvalue weighted by Gasteiger charge is 2.47. The van der Waals surface area contributed by atoms with E-state index in [0.29, 0.717) is 25.9 Å². The zero-order valence-electron chi connectivity index (χ0n) is 15.1. The first-order chi connectivity index (χ1) is 13.0. The van der Waals surface area contributed by atoms with Crippen molar-refractivity contribution in [2.24, 2.45) is 5.41 Å². The van der Waals surface area contributed by atoms with Gasteiger partial charge < -0.3 is 15.5 Å². The Hall–Kier alpha value is -3.33. The molecule has 2 N–H and O–H groups in total. The molecule has 2 aromatic carbocycles. The lowest BCUT2D eigenvalue weighted by atomic mass is 9.76. The van der Waals surface area contributed by atoms with E-state index in [-0.39, 0.29) is 11.8 Å². The van der Waals surface area contributed by atoms with Crippen molar-refractivity contribution < 1.29 is 9.59 Å². The Kier molecular flexibility index (Phi) is 4.08. The van der Waals surface area contributed by atoms with Crippen molar-refractivity contribution >= 4 is 23.2 Å². The van der Waals surface area contributed by atoms with E-state index in [1.165, 1.54) is 6.92 Å². The van der Waals surface area contributed by atoms with E-state index in [1.54, 1.807) is 4.90 Å². The number of benzene rings is 2. The molecule has 2 aromatic rings. The number of anilines is 2. The zero-order valence-corrected chi connectivity index (χ0v) is 15.1. The lowest BCUT2D eigenvalue weighted by molar-refractivity contribution is -0.125. The van der Waals surface area contributed by atoms with E-state index in [2.05, 4.69) is 16.8 Å². The Morgan fingerprint density at radius 3 is 2.85 bits per heavy atom. The molecule has 6 heteroatoms. The van der Waals surface area contributed by atoms with Crippen LogP contribution in [0.2, 0.25) is 0 Å². The van der Waals surface area contributed by atoms with Gasteiger partial charge in [-0.05, 0) is 36.1 Å². The summed E-state index contributed by atoms with van der Waals surface area (Å²) in [5.74, 6) is -0.140. The minimum Gasteiger partial charge on any atom is -0.326 e. The highest BCUT2D eigenvalue weighted by Crippen LogP contribution is 2.42. The van der Waals surface area contributed by atoms with E-state index in [1.807, 2.05) is 42.5 Å². The van der Waals surface area contributed by atoms with Gasteiger partial charge in [0, 0.05) is 37.0 Å². The van der Waals surface area contributed by atoms with Gasteiger partial charge in [-0.3, -0.25) is 9.59 Å². The number of nitrogens with zero attached hydrogens (tertiary/aromatic N) is 2. The number of hydrogen-bond acceptors (Lipinski definition) is 4. The summed E-state index contributed by atoms with van der Waals surface area (Å²) in [6.45, 7) is 2.58. The van der Waals surface area contributed by atoms with E-state index in [0.717, 1.165) is 28.1 Å². The summed E-state index contributed by atoms with van der Waals surface area (Å²) >= 11 is 0. The van der Waals surface area contributed by atoms with E-state index in [4.69, 9.17) is 5.26 Å². The van der Waals surface area contributed by atoms with Crippen molar-refractivity contribution in [1.82, 2.24) is 4.90 Å². The second kappa shape index (κ2) is 6.44. The van der Waals surface area contributed by atoms with Crippen molar-refractivity contribution in [3.8, 4) is 17.3 Å². The minimum absolute atomic E-state index is 0.0138. The molecule has 1 unspecified atom stereocenters. The van der Waals surface area contributed by atoms with Crippen LogP contribution in [-0.4, -0.2) is 29.8 Å². The molecule has 1 saturated heterocycles. The summed E-state index contributed by atoms with van der Waals surface area (Å²) in [5, 5.41) is 15.0. The number of carbonyl (C=O) groups is 2. The molecule has 0 bridgehead atoms. The number of fused-ring (bicyclic) bond motifs is 1. The smallest absolute Gasteiger partial charge is 0.232 e. The number of likely N-dealkylation sites (tertiary alicyclic amines) is 1. The van der Waals surface area contributed by atoms with Gasteiger partial charge in [0.15, 0.2) is 6.19 Å². The Morgan fingerprint density at radius 2 is 2.11 bits per heavy atom. The van der Waals surface area contributed by atoms with Crippen LogP contribution in [0.5, 0.6) is 0 Å². The van der Waals surface area contributed by atoms with Crippen molar-refractivity contribution in [2.45, 2.75) is 19.8 Å². The van der Waals surface area contributed by atoms with Gasteiger partial charge in [-0.15, -0.1) is 0 Å². The number of amides is 2. The fourth-order valence-corrected chi connectivity index (χ4v) is 4.04. The average molecular weight is 360 g/mol. The third-order valence-electron chi connectivity index (χ3n) is 5.41. The maximum atomic E-state index is 12.8. The number of para-hydroxylation sites is 1. The fraction of sp³-hybridized carbons (Fsp3) is 0.286. The molecule has 1 fully saturated rings. The van der Waals surface area contributed by atoms with Crippen LogP contribution in [0.4, 0.5) is 11.4 Å². The molecule has 0 aromatic heterocycles. The summed E-state index contributed by atoms with van der Waals surface area (Å²) in [6, 6.07) is 13.6. The first kappa shape index (κ1) is 17.1. The van der Waals surface area contributed by atoms with Gasteiger partial charge in [0.2, 0.25) is 11.8 Å². The summed E-state index contributed by atoms with van der Waals surface area (Å²) in [7, 11) is 0. The summed E-state index contributed by atoms with van der Waals surface area (Å²) in [6.07, 6.45) is 3.48. The topological polar surface area (TPSA) is 85.2 Å². The second-order valence-corrected chi connectivity index (χ2v) is 7.28. The fourth-order valence-electron chi connectivity index (χ4n) is 4.04. The average Bonchev–Trinajstić information content (AvgIpc) is 3.07. The normalized spacial score (nSPS) is 20.7. The number of carbonyl (C=O) groups excluding carboxylic acids is 2. The Morgan fingerprint density at radius 1 is 1.30 bits per heavy atom. The van der Waals surface area contributed by atoms with Crippen molar-refractivity contribution in [3.05, 3.63) is 48.0 Å². The molecule has 27 heavy (non-hydrogen) atoms. The largest absolute Gasteiger partial charge is 0.326 e. The number of nitriles is 1. The molecule has 0 saturated carbocycles. The molecule has 1 spiro atoms. The lowest BCUT2D eigenvalue weighted by Crippen LogP contribution is -2.43. The standard InChI is InChI=1S/C21H20N4O2/c1-14(26)23-18-5-3-2-4-17(18)15-6-7-16-11-21(8-9-25(12-21)13-22)20(27)24-19(16)10-15/h2-7,10H,8-9,11-12H2,1H3,(H,23,26)(H,24,27). The van der Waals surface area contributed by atoms with E-state index in [9.17, 15) is 9.59 Å². The van der Waals surface area contributed by atoms with Gasteiger partial charge in [-0.1, -0.05) is 30.3 Å². The van der Waals surface area contributed by atoms with Gasteiger partial charge in [0.1, 0.15) is 0 Å². The summed E-state index contributed by atoms with van der Waals surface area (Å²) in [4.78, 5) is 25.9. The van der Waals surface area contributed by atoms with Gasteiger partial charge >= 0.3 is 0 Å². The van der Waals surface area contributed by atoms with Crippen LogP contribution in [-0.2, 0) is 16.0 Å². The SMILES string of the molecule is CC(=O)Nc1ccccc1-c1ccc2c(c1)NC(=O)C1(CCN(C#N)C1)C2. The predicted octanol–water partition coefficient (Wildman–Crippen LogP) is 2.98. The molecule has 1 atom stereocenters. The lowest BCUT2D eigenvalue weighted by Gasteiger charge is -2.33. The molecule has 4 rings (SSSR count). The van der Waals surface area contributed by atoms with Crippen LogP contribution in [0.3, 0.4) is 0 Å². The van der Waals surface area contributed by atoms with Crippen LogP contribution in [0, 0.1) is 16.9 Å². The number of rotatable bonds is 2. The molecule has 136 valence electrons. The van der Waals surface area contributed by atoms with Gasteiger partial charge in [-0.25, -0.2) is 0 Å². The molecule has 2 heterocycles. The maximum absolute atomic E-state index is 12.8. The molecule has 6 nitrogen and oxygen atoms in total. The van der Waals surface area contributed by atoms with Crippen molar-refractivity contribution in [1.29, 1.82) is 5.26 Å². The monoisotopic (exact) mass is 360 g/mol. The maximum Gasteiger partial charge on any atom is 0.232 e. The molecule has 0 aliphatic carbocycles. The highest BCUT2D eigenvalue weighted by molar-refractivity contribution is 6.00. The first-order valence-electron chi connectivity index (χ1n) is 8.97. The minimum atomic E-state index is -0.516. The highest BCUT2D eigenvalue weighted by atomic mass is 16.2.